The maximum atomic E-state index is 11.4. The van der Waals surface area contributed by atoms with Crippen LogP contribution in [0.1, 0.15) is 26.7 Å². The van der Waals surface area contributed by atoms with E-state index in [-0.39, 0.29) is 5.97 Å². The van der Waals surface area contributed by atoms with E-state index in [1.165, 1.54) is 13.5 Å². The summed E-state index contributed by atoms with van der Waals surface area (Å²) in [6, 6.07) is 0. The summed E-state index contributed by atoms with van der Waals surface area (Å²) in [7, 11) is 1.46. The van der Waals surface area contributed by atoms with Crippen LogP contribution >= 0.6 is 0 Å². The Balaban J connectivity index is 2.23. The Hall–Kier alpha value is -0.790. The van der Waals surface area contributed by atoms with Gasteiger partial charge in [-0.3, -0.25) is 0 Å². The summed E-state index contributed by atoms with van der Waals surface area (Å²) >= 11 is 0. The van der Waals surface area contributed by atoms with Crippen molar-refractivity contribution in [1.29, 1.82) is 0 Å². The fourth-order valence-corrected chi connectivity index (χ4v) is 2.70. The minimum absolute atomic E-state index is 0.128. The van der Waals surface area contributed by atoms with Crippen LogP contribution in [0.2, 0.25) is 0 Å². The first-order valence-electron chi connectivity index (χ1n) is 4.85. The molecule has 0 aromatic rings. The van der Waals surface area contributed by atoms with E-state index in [1.54, 1.807) is 0 Å². The quantitative estimate of drug-likeness (QED) is 0.578. The highest BCUT2D eigenvalue weighted by molar-refractivity contribution is 5.89. The van der Waals surface area contributed by atoms with Gasteiger partial charge in [-0.25, -0.2) is 4.79 Å². The van der Waals surface area contributed by atoms with Crippen LogP contribution in [0.3, 0.4) is 0 Å². The smallest absolute Gasteiger partial charge is 0.333 e. The van der Waals surface area contributed by atoms with Gasteiger partial charge in [0.15, 0.2) is 0 Å². The summed E-state index contributed by atoms with van der Waals surface area (Å²) < 4.78 is 4.77. The number of carbonyl (C=O) groups excluding carboxylic acids is 1. The molecule has 0 N–H and O–H groups in total. The van der Waals surface area contributed by atoms with E-state index in [9.17, 15) is 4.79 Å². The molecular formula is C11H16O2. The van der Waals surface area contributed by atoms with Crippen LogP contribution in [0.25, 0.3) is 0 Å². The van der Waals surface area contributed by atoms with Crippen LogP contribution in [0.15, 0.2) is 11.6 Å². The van der Waals surface area contributed by atoms with Crippen molar-refractivity contribution in [3.05, 3.63) is 11.6 Å². The monoisotopic (exact) mass is 180 g/mol. The summed E-state index contributed by atoms with van der Waals surface area (Å²) in [5, 5.41) is 0. The molecule has 1 saturated carbocycles. The van der Waals surface area contributed by atoms with Crippen LogP contribution in [0, 0.1) is 17.3 Å². The molecule has 0 aliphatic heterocycles. The van der Waals surface area contributed by atoms with E-state index in [0.717, 1.165) is 17.9 Å². The zero-order chi connectivity index (χ0) is 9.64. The number of esters is 1. The summed E-state index contributed by atoms with van der Waals surface area (Å²) in [6.45, 7) is 4.50. The highest BCUT2D eigenvalue weighted by atomic mass is 16.5. The molecule has 2 bridgehead atoms. The SMILES string of the molecule is COC(=O)C1=CC[C@H]2C[C@H]1C2(C)C. The normalized spacial score (nSPS) is 34.5. The standard InChI is InChI=1S/C11H16O2/c1-11(2)7-4-5-8(9(11)6-7)10(12)13-3/h5,7,9H,4,6H2,1-3H3/t7-,9+/m0/s1. The molecule has 0 aromatic heterocycles. The average Bonchev–Trinajstić information content (AvgIpc) is 2.16. The van der Waals surface area contributed by atoms with Crippen LogP contribution < -0.4 is 0 Å². The molecule has 0 heterocycles. The van der Waals surface area contributed by atoms with Gasteiger partial charge in [-0.2, -0.15) is 0 Å². The van der Waals surface area contributed by atoms with Crippen molar-refractivity contribution in [3.63, 3.8) is 0 Å². The molecule has 2 heteroatoms. The van der Waals surface area contributed by atoms with Crippen molar-refractivity contribution in [1.82, 2.24) is 0 Å². The second-order valence-corrected chi connectivity index (χ2v) is 4.69. The van der Waals surface area contributed by atoms with Crippen LogP contribution in [-0.2, 0) is 9.53 Å². The third kappa shape index (κ3) is 1.04. The molecule has 0 amide bonds. The predicted octanol–water partition coefficient (Wildman–Crippen LogP) is 2.15. The fourth-order valence-electron chi connectivity index (χ4n) is 2.70. The van der Waals surface area contributed by atoms with E-state index in [1.807, 2.05) is 0 Å². The van der Waals surface area contributed by atoms with E-state index in [0.29, 0.717) is 11.3 Å². The molecule has 3 aliphatic carbocycles. The number of allylic oxidation sites excluding steroid dienone is 1. The number of carbonyl (C=O) groups is 1. The Morgan fingerprint density at radius 3 is 2.77 bits per heavy atom. The lowest BCUT2D eigenvalue weighted by molar-refractivity contribution is -0.140. The van der Waals surface area contributed by atoms with Gasteiger partial charge in [0.05, 0.1) is 7.11 Å². The summed E-state index contributed by atoms with van der Waals surface area (Å²) in [4.78, 5) is 11.4. The molecule has 3 aliphatic rings. The number of fused-ring (bicyclic) bond motifs is 1. The molecule has 72 valence electrons. The molecule has 0 spiro atoms. The first kappa shape index (κ1) is 8.79. The molecule has 2 atom stereocenters. The van der Waals surface area contributed by atoms with Crippen LogP contribution in [-0.4, -0.2) is 13.1 Å². The Labute approximate surface area is 79.0 Å². The van der Waals surface area contributed by atoms with Gasteiger partial charge >= 0.3 is 5.97 Å². The zero-order valence-corrected chi connectivity index (χ0v) is 8.46. The van der Waals surface area contributed by atoms with Crippen LogP contribution in [0.4, 0.5) is 0 Å². The van der Waals surface area contributed by atoms with Gasteiger partial charge in [-0.15, -0.1) is 0 Å². The predicted molar refractivity (Wildman–Crippen MR) is 50.1 cm³/mol. The first-order valence-corrected chi connectivity index (χ1v) is 4.85. The molecule has 2 nitrogen and oxygen atoms in total. The second kappa shape index (κ2) is 2.60. The van der Waals surface area contributed by atoms with E-state index in [4.69, 9.17) is 4.74 Å². The first-order chi connectivity index (χ1) is 6.07. The van der Waals surface area contributed by atoms with Gasteiger partial charge in [0.1, 0.15) is 0 Å². The van der Waals surface area contributed by atoms with Gasteiger partial charge in [0, 0.05) is 5.57 Å². The van der Waals surface area contributed by atoms with E-state index in [2.05, 4.69) is 19.9 Å². The zero-order valence-electron chi connectivity index (χ0n) is 8.46. The highest BCUT2D eigenvalue weighted by Crippen LogP contribution is 2.59. The Morgan fingerprint density at radius 1 is 1.62 bits per heavy atom. The molecular weight excluding hydrogens is 164 g/mol. The summed E-state index contributed by atoms with van der Waals surface area (Å²) in [5.41, 5.74) is 1.23. The van der Waals surface area contributed by atoms with Gasteiger partial charge < -0.3 is 4.74 Å². The lowest BCUT2D eigenvalue weighted by atomic mass is 9.49. The summed E-state index contributed by atoms with van der Waals surface area (Å²) in [5.74, 6) is 1.10. The number of rotatable bonds is 1. The van der Waals surface area contributed by atoms with Crippen molar-refractivity contribution in [2.45, 2.75) is 26.7 Å². The molecule has 0 unspecified atom stereocenters. The van der Waals surface area contributed by atoms with Gasteiger partial charge in [0.25, 0.3) is 0 Å². The number of hydrogen-bond acceptors (Lipinski definition) is 2. The largest absolute Gasteiger partial charge is 0.466 e. The molecule has 0 saturated heterocycles. The van der Waals surface area contributed by atoms with Crippen molar-refractivity contribution in [2.75, 3.05) is 7.11 Å². The van der Waals surface area contributed by atoms with Crippen molar-refractivity contribution in [3.8, 4) is 0 Å². The maximum absolute atomic E-state index is 11.4. The van der Waals surface area contributed by atoms with Crippen LogP contribution in [0.5, 0.6) is 0 Å². The van der Waals surface area contributed by atoms with Crippen molar-refractivity contribution < 1.29 is 9.53 Å². The lowest BCUT2D eigenvalue weighted by Gasteiger charge is -2.55. The molecule has 13 heavy (non-hydrogen) atoms. The summed E-state index contributed by atoms with van der Waals surface area (Å²) in [6.07, 6.45) is 4.29. The number of ether oxygens (including phenoxy) is 1. The van der Waals surface area contributed by atoms with Crippen molar-refractivity contribution in [2.24, 2.45) is 17.3 Å². The minimum atomic E-state index is -0.128. The highest BCUT2D eigenvalue weighted by Gasteiger charge is 2.52. The number of methoxy groups -OCH3 is 1. The van der Waals surface area contributed by atoms with Gasteiger partial charge in [0.2, 0.25) is 0 Å². The van der Waals surface area contributed by atoms with E-state index >= 15 is 0 Å². The van der Waals surface area contributed by atoms with E-state index < -0.39 is 0 Å². The minimum Gasteiger partial charge on any atom is -0.466 e. The molecule has 0 aromatic carbocycles. The Kier molecular flexibility index (Phi) is 1.76. The maximum Gasteiger partial charge on any atom is 0.333 e. The number of hydrogen-bond donors (Lipinski definition) is 0. The Bertz CT molecular complexity index is 276. The molecule has 1 fully saturated rings. The van der Waals surface area contributed by atoms with Crippen molar-refractivity contribution >= 4 is 5.97 Å². The molecule has 0 radical (unpaired) electrons. The third-order valence-electron chi connectivity index (χ3n) is 3.89. The second-order valence-electron chi connectivity index (χ2n) is 4.69. The van der Waals surface area contributed by atoms with Gasteiger partial charge in [-0.1, -0.05) is 19.9 Å². The third-order valence-corrected chi connectivity index (χ3v) is 3.89. The Morgan fingerprint density at radius 2 is 2.31 bits per heavy atom. The fraction of sp³-hybridized carbons (Fsp3) is 0.727. The lowest BCUT2D eigenvalue weighted by Crippen LogP contribution is -2.49. The topological polar surface area (TPSA) is 26.3 Å². The average molecular weight is 180 g/mol. The van der Waals surface area contributed by atoms with Gasteiger partial charge in [-0.05, 0) is 30.1 Å². The molecule has 3 rings (SSSR count).